The molecular weight excluding hydrogens is 246 g/mol. The summed E-state index contributed by atoms with van der Waals surface area (Å²) < 4.78 is 0. The van der Waals surface area contributed by atoms with Crippen LogP contribution in [0, 0.1) is 0 Å². The average Bonchev–Trinajstić information content (AvgIpc) is 2.25. The second kappa shape index (κ2) is 6.78. The van der Waals surface area contributed by atoms with Crippen LogP contribution in [-0.2, 0) is 4.79 Å². The van der Waals surface area contributed by atoms with E-state index in [1.807, 2.05) is 18.2 Å². The van der Waals surface area contributed by atoms with Gasteiger partial charge >= 0.3 is 0 Å². The van der Waals surface area contributed by atoms with Crippen molar-refractivity contribution in [3.8, 4) is 0 Å². The second-order valence-electron chi connectivity index (χ2n) is 3.37. The Labute approximate surface area is 104 Å². The van der Waals surface area contributed by atoms with Gasteiger partial charge < -0.3 is 10.4 Å². The van der Waals surface area contributed by atoms with Gasteiger partial charge in [0, 0.05) is 11.4 Å². The lowest BCUT2D eigenvalue weighted by atomic mass is 10.4. The Balaban J connectivity index is 2.35. The normalized spacial score (nSPS) is 12.2. The van der Waals surface area contributed by atoms with Crippen molar-refractivity contribution in [2.24, 2.45) is 0 Å². The van der Waals surface area contributed by atoms with Crippen LogP contribution in [0.4, 0.5) is 0 Å². The maximum atomic E-state index is 11.3. The fourth-order valence-electron chi connectivity index (χ4n) is 1.02. The molecule has 0 heterocycles. The molecule has 16 heavy (non-hydrogen) atoms. The molecule has 1 aromatic carbocycles. The van der Waals surface area contributed by atoms with E-state index in [0.717, 1.165) is 4.90 Å². The van der Waals surface area contributed by atoms with Crippen LogP contribution in [0.5, 0.6) is 0 Å². The number of aliphatic hydroxyl groups excluding tert-OH is 1. The van der Waals surface area contributed by atoms with Crippen molar-refractivity contribution in [1.29, 1.82) is 0 Å². The summed E-state index contributed by atoms with van der Waals surface area (Å²) in [6, 6.07) is 7.38. The number of thioether (sulfide) groups is 1. The summed E-state index contributed by atoms with van der Waals surface area (Å²) >= 11 is 7.32. The van der Waals surface area contributed by atoms with Crippen LogP contribution in [0.15, 0.2) is 29.2 Å². The minimum atomic E-state index is -0.519. The van der Waals surface area contributed by atoms with E-state index in [-0.39, 0.29) is 12.5 Å². The highest BCUT2D eigenvalue weighted by Gasteiger charge is 2.05. The van der Waals surface area contributed by atoms with Crippen molar-refractivity contribution in [3.63, 3.8) is 0 Å². The maximum Gasteiger partial charge on any atom is 0.230 e. The van der Waals surface area contributed by atoms with Gasteiger partial charge in [-0.15, -0.1) is 11.8 Å². The number of carbonyl (C=O) groups excluding carboxylic acids is 1. The maximum absolute atomic E-state index is 11.3. The summed E-state index contributed by atoms with van der Waals surface area (Å²) in [5.74, 6) is 0.196. The Morgan fingerprint density at radius 2 is 2.25 bits per heavy atom. The topological polar surface area (TPSA) is 49.3 Å². The molecule has 0 saturated carbocycles. The van der Waals surface area contributed by atoms with Gasteiger partial charge in [-0.3, -0.25) is 4.79 Å². The predicted molar refractivity (Wildman–Crippen MR) is 66.9 cm³/mol. The first-order valence-corrected chi connectivity index (χ1v) is 6.28. The lowest BCUT2D eigenvalue weighted by molar-refractivity contribution is -0.118. The zero-order valence-electron chi connectivity index (χ0n) is 8.94. The van der Waals surface area contributed by atoms with E-state index in [2.05, 4.69) is 5.32 Å². The molecule has 0 radical (unpaired) electrons. The van der Waals surface area contributed by atoms with Gasteiger partial charge in [-0.05, 0) is 19.1 Å². The summed E-state index contributed by atoms with van der Waals surface area (Å²) in [7, 11) is 0. The molecule has 1 amide bonds. The number of aliphatic hydroxyl groups is 1. The predicted octanol–water partition coefficient (Wildman–Crippen LogP) is 1.93. The van der Waals surface area contributed by atoms with E-state index in [0.29, 0.717) is 10.8 Å². The van der Waals surface area contributed by atoms with Crippen LogP contribution in [0.1, 0.15) is 6.92 Å². The highest BCUT2D eigenvalue weighted by molar-refractivity contribution is 8.00. The minimum Gasteiger partial charge on any atom is -0.392 e. The highest BCUT2D eigenvalue weighted by atomic mass is 35.5. The molecular formula is C11H14ClNO2S. The quantitative estimate of drug-likeness (QED) is 0.795. The highest BCUT2D eigenvalue weighted by Crippen LogP contribution is 2.26. The number of benzene rings is 1. The molecule has 2 N–H and O–H groups in total. The Kier molecular flexibility index (Phi) is 5.66. The molecule has 1 rings (SSSR count). The van der Waals surface area contributed by atoms with Gasteiger partial charge in [0.05, 0.1) is 16.9 Å². The summed E-state index contributed by atoms with van der Waals surface area (Å²) in [4.78, 5) is 12.2. The number of carbonyl (C=O) groups is 1. The zero-order chi connectivity index (χ0) is 12.0. The standard InChI is InChI=1S/C11H14ClNO2S/c1-8(14)6-13-11(15)7-16-10-5-3-2-4-9(10)12/h2-5,8,14H,6-7H2,1H3,(H,13,15). The number of hydrogen-bond acceptors (Lipinski definition) is 3. The third kappa shape index (κ3) is 4.88. The molecule has 0 fully saturated rings. The Hall–Kier alpha value is -0.710. The van der Waals surface area contributed by atoms with E-state index < -0.39 is 6.10 Å². The Bertz CT molecular complexity index is 358. The van der Waals surface area contributed by atoms with Crippen LogP contribution in [0.2, 0.25) is 5.02 Å². The van der Waals surface area contributed by atoms with Crippen molar-refractivity contribution < 1.29 is 9.90 Å². The summed E-state index contributed by atoms with van der Waals surface area (Å²) in [6.45, 7) is 1.91. The largest absolute Gasteiger partial charge is 0.392 e. The second-order valence-corrected chi connectivity index (χ2v) is 4.80. The molecule has 0 saturated heterocycles. The molecule has 0 bridgehead atoms. The monoisotopic (exact) mass is 259 g/mol. The van der Waals surface area contributed by atoms with Gasteiger partial charge in [0.1, 0.15) is 0 Å². The molecule has 0 spiro atoms. The van der Waals surface area contributed by atoms with E-state index in [9.17, 15) is 4.79 Å². The molecule has 5 heteroatoms. The van der Waals surface area contributed by atoms with Gasteiger partial charge in [-0.2, -0.15) is 0 Å². The van der Waals surface area contributed by atoms with Gasteiger partial charge in [0.25, 0.3) is 0 Å². The smallest absolute Gasteiger partial charge is 0.230 e. The SMILES string of the molecule is CC(O)CNC(=O)CSc1ccccc1Cl. The first-order chi connectivity index (χ1) is 7.59. The van der Waals surface area contributed by atoms with Crippen LogP contribution in [-0.4, -0.2) is 29.4 Å². The van der Waals surface area contributed by atoms with Crippen molar-refractivity contribution in [1.82, 2.24) is 5.32 Å². The van der Waals surface area contributed by atoms with Crippen LogP contribution in [0.25, 0.3) is 0 Å². The van der Waals surface area contributed by atoms with Crippen LogP contribution < -0.4 is 5.32 Å². The van der Waals surface area contributed by atoms with Crippen molar-refractivity contribution in [2.45, 2.75) is 17.9 Å². The van der Waals surface area contributed by atoms with E-state index in [1.54, 1.807) is 13.0 Å². The lowest BCUT2D eigenvalue weighted by Gasteiger charge is -2.07. The molecule has 1 aromatic rings. The first-order valence-electron chi connectivity index (χ1n) is 4.91. The number of nitrogens with one attached hydrogen (secondary N) is 1. The molecule has 88 valence electrons. The third-order valence-electron chi connectivity index (χ3n) is 1.79. The van der Waals surface area contributed by atoms with Gasteiger partial charge in [-0.25, -0.2) is 0 Å². The summed E-state index contributed by atoms with van der Waals surface area (Å²) in [5.41, 5.74) is 0. The molecule has 0 aliphatic rings. The third-order valence-corrected chi connectivity index (χ3v) is 3.31. The van der Waals surface area contributed by atoms with Crippen molar-refractivity contribution in [2.75, 3.05) is 12.3 Å². The van der Waals surface area contributed by atoms with E-state index in [1.165, 1.54) is 11.8 Å². The van der Waals surface area contributed by atoms with E-state index >= 15 is 0 Å². The molecule has 3 nitrogen and oxygen atoms in total. The molecule has 0 aromatic heterocycles. The first kappa shape index (κ1) is 13.4. The molecule has 0 aliphatic carbocycles. The van der Waals surface area contributed by atoms with Crippen LogP contribution >= 0.6 is 23.4 Å². The number of hydrogen-bond donors (Lipinski definition) is 2. The number of rotatable bonds is 5. The average molecular weight is 260 g/mol. The summed E-state index contributed by atoms with van der Waals surface area (Å²) in [6.07, 6.45) is -0.519. The fourth-order valence-corrected chi connectivity index (χ4v) is 2.09. The van der Waals surface area contributed by atoms with Crippen molar-refractivity contribution in [3.05, 3.63) is 29.3 Å². The summed E-state index contributed by atoms with van der Waals surface area (Å²) in [5, 5.41) is 12.3. The molecule has 1 atom stereocenters. The fraction of sp³-hybridized carbons (Fsp3) is 0.364. The van der Waals surface area contributed by atoms with Gasteiger partial charge in [0.15, 0.2) is 0 Å². The number of halogens is 1. The number of amides is 1. The lowest BCUT2D eigenvalue weighted by Crippen LogP contribution is -2.31. The van der Waals surface area contributed by atoms with Gasteiger partial charge in [0.2, 0.25) is 5.91 Å². The minimum absolute atomic E-state index is 0.106. The Morgan fingerprint density at radius 3 is 2.88 bits per heavy atom. The van der Waals surface area contributed by atoms with Crippen molar-refractivity contribution >= 4 is 29.3 Å². The molecule has 1 unspecified atom stereocenters. The molecule has 0 aliphatic heterocycles. The zero-order valence-corrected chi connectivity index (χ0v) is 10.5. The Morgan fingerprint density at radius 1 is 1.56 bits per heavy atom. The van der Waals surface area contributed by atoms with E-state index in [4.69, 9.17) is 16.7 Å². The van der Waals surface area contributed by atoms with Gasteiger partial charge in [-0.1, -0.05) is 23.7 Å². The van der Waals surface area contributed by atoms with Crippen LogP contribution in [0.3, 0.4) is 0 Å².